The van der Waals surface area contributed by atoms with Crippen molar-refractivity contribution in [3.05, 3.63) is 41.6 Å². The molecule has 180 valence electrons. The number of hydrogen-bond acceptors (Lipinski definition) is 4. The highest BCUT2D eigenvalue weighted by Crippen LogP contribution is 2.61. The lowest BCUT2D eigenvalue weighted by Crippen LogP contribution is -2.47. The Morgan fingerprint density at radius 2 is 1.50 bits per heavy atom. The average Bonchev–Trinajstić information content (AvgIpc) is 3.69. The second-order valence-electron chi connectivity index (χ2n) is 11.8. The molecule has 0 spiro atoms. The van der Waals surface area contributed by atoms with Crippen molar-refractivity contribution in [3.8, 4) is 0 Å². The first-order valence-electron chi connectivity index (χ1n) is 13.2. The molecule has 1 aromatic rings. The molecule has 0 aliphatic heterocycles. The number of amides is 2. The summed E-state index contributed by atoms with van der Waals surface area (Å²) >= 11 is 0. The van der Waals surface area contributed by atoms with Crippen molar-refractivity contribution >= 4 is 23.3 Å². The second-order valence-corrected chi connectivity index (χ2v) is 11.8. The number of carbonyl (C=O) groups is 3. The van der Waals surface area contributed by atoms with Crippen molar-refractivity contribution in [1.29, 1.82) is 0 Å². The molecule has 0 heterocycles. The highest BCUT2D eigenvalue weighted by Gasteiger charge is 2.51. The molecule has 0 unspecified atom stereocenters. The molecule has 0 saturated heterocycles. The number of carbonyl (C=O) groups excluding carboxylic acids is 3. The zero-order chi connectivity index (χ0) is 23.3. The van der Waals surface area contributed by atoms with E-state index in [9.17, 15) is 14.4 Å². The van der Waals surface area contributed by atoms with E-state index in [1.165, 1.54) is 44.6 Å². The van der Waals surface area contributed by atoms with Crippen LogP contribution in [0.1, 0.15) is 81.0 Å². The maximum atomic E-state index is 13.0. The monoisotopic (exact) mass is 461 g/mol. The SMILES string of the molecule is O=C(CC12CC3CC(CC(C3)C1)C2)Nc1cccc(C(=O)/C=C(/NC2CC2)C(=O)NC2CC2)c1. The molecule has 6 nitrogen and oxygen atoms in total. The molecule has 6 fully saturated rings. The minimum Gasteiger partial charge on any atom is -0.378 e. The van der Waals surface area contributed by atoms with Crippen molar-refractivity contribution in [2.75, 3.05) is 5.32 Å². The summed E-state index contributed by atoms with van der Waals surface area (Å²) < 4.78 is 0. The number of allylic oxidation sites excluding steroid dienone is 1. The highest BCUT2D eigenvalue weighted by molar-refractivity contribution is 6.10. The van der Waals surface area contributed by atoms with Crippen LogP contribution in [-0.4, -0.2) is 29.7 Å². The van der Waals surface area contributed by atoms with Crippen LogP contribution in [0.5, 0.6) is 0 Å². The fourth-order valence-electron chi connectivity index (χ4n) is 7.13. The number of hydrogen-bond donors (Lipinski definition) is 3. The molecule has 6 heteroatoms. The van der Waals surface area contributed by atoms with Gasteiger partial charge in [0, 0.05) is 35.8 Å². The van der Waals surface area contributed by atoms with Crippen LogP contribution in [0.3, 0.4) is 0 Å². The van der Waals surface area contributed by atoms with Gasteiger partial charge in [-0.1, -0.05) is 12.1 Å². The molecular weight excluding hydrogens is 426 g/mol. The lowest BCUT2D eigenvalue weighted by molar-refractivity contribution is -0.124. The van der Waals surface area contributed by atoms with E-state index in [4.69, 9.17) is 0 Å². The molecule has 2 amide bonds. The van der Waals surface area contributed by atoms with E-state index in [1.54, 1.807) is 18.2 Å². The first-order valence-corrected chi connectivity index (χ1v) is 13.2. The third-order valence-corrected chi connectivity index (χ3v) is 8.50. The number of nitrogens with one attached hydrogen (secondary N) is 3. The lowest BCUT2D eigenvalue weighted by atomic mass is 9.49. The van der Waals surface area contributed by atoms with Gasteiger partial charge >= 0.3 is 0 Å². The topological polar surface area (TPSA) is 87.3 Å². The summed E-state index contributed by atoms with van der Waals surface area (Å²) in [7, 11) is 0. The molecule has 6 aliphatic rings. The Morgan fingerprint density at radius 3 is 2.12 bits per heavy atom. The predicted molar refractivity (Wildman–Crippen MR) is 130 cm³/mol. The van der Waals surface area contributed by atoms with Gasteiger partial charge < -0.3 is 16.0 Å². The van der Waals surface area contributed by atoms with Crippen LogP contribution in [0.15, 0.2) is 36.0 Å². The van der Waals surface area contributed by atoms with E-state index in [2.05, 4.69) is 16.0 Å². The number of benzene rings is 1. The van der Waals surface area contributed by atoms with Gasteiger partial charge in [-0.05, 0) is 99.5 Å². The van der Waals surface area contributed by atoms with E-state index in [0.717, 1.165) is 43.4 Å². The summed E-state index contributed by atoms with van der Waals surface area (Å²) in [6.07, 6.45) is 13.8. The van der Waals surface area contributed by atoms with Crippen molar-refractivity contribution in [2.45, 2.75) is 82.7 Å². The molecule has 3 N–H and O–H groups in total. The molecule has 0 radical (unpaired) electrons. The van der Waals surface area contributed by atoms with E-state index >= 15 is 0 Å². The normalized spacial score (nSPS) is 31.8. The van der Waals surface area contributed by atoms with E-state index < -0.39 is 0 Å². The molecular formula is C28H35N3O3. The van der Waals surface area contributed by atoms with Crippen LogP contribution < -0.4 is 16.0 Å². The average molecular weight is 462 g/mol. The molecule has 7 rings (SSSR count). The number of anilines is 1. The Labute approximate surface area is 201 Å². The van der Waals surface area contributed by atoms with Gasteiger partial charge in [-0.25, -0.2) is 0 Å². The van der Waals surface area contributed by atoms with Gasteiger partial charge in [-0.15, -0.1) is 0 Å². The van der Waals surface area contributed by atoms with Crippen molar-refractivity contribution in [2.24, 2.45) is 23.2 Å². The predicted octanol–water partition coefficient (Wildman–Crippen LogP) is 4.33. The summed E-state index contributed by atoms with van der Waals surface area (Å²) in [5.41, 5.74) is 1.65. The largest absolute Gasteiger partial charge is 0.378 e. The summed E-state index contributed by atoms with van der Waals surface area (Å²) in [6.45, 7) is 0. The third-order valence-electron chi connectivity index (χ3n) is 8.50. The van der Waals surface area contributed by atoms with Crippen molar-refractivity contribution in [1.82, 2.24) is 10.6 Å². The third kappa shape index (κ3) is 4.91. The second kappa shape index (κ2) is 8.54. The maximum absolute atomic E-state index is 13.0. The van der Waals surface area contributed by atoms with Gasteiger partial charge in [0.05, 0.1) is 0 Å². The Balaban J connectivity index is 1.11. The van der Waals surface area contributed by atoms with Crippen LogP contribution in [0.4, 0.5) is 5.69 Å². The van der Waals surface area contributed by atoms with Gasteiger partial charge in [0.25, 0.3) is 5.91 Å². The standard InChI is InChI=1S/C28H35N3O3/c32-25(12-24(29-21-4-5-21)27(34)31-22-6-7-22)20-2-1-3-23(11-20)30-26(33)16-28-13-17-8-18(14-28)10-19(9-17)15-28/h1-3,11-12,17-19,21-22,29H,4-10,13-16H2,(H,30,33)(H,31,34)/b24-12+. The first-order chi connectivity index (χ1) is 16.4. The van der Waals surface area contributed by atoms with Crippen LogP contribution >= 0.6 is 0 Å². The summed E-state index contributed by atoms with van der Waals surface area (Å²) in [5, 5.41) is 9.22. The van der Waals surface area contributed by atoms with Crippen molar-refractivity contribution < 1.29 is 14.4 Å². The van der Waals surface area contributed by atoms with Gasteiger partial charge in [-0.3, -0.25) is 14.4 Å². The summed E-state index contributed by atoms with van der Waals surface area (Å²) in [6, 6.07) is 7.60. The molecule has 1 aromatic carbocycles. The molecule has 0 atom stereocenters. The molecule has 34 heavy (non-hydrogen) atoms. The molecule has 4 bridgehead atoms. The maximum Gasteiger partial charge on any atom is 0.267 e. The van der Waals surface area contributed by atoms with Crippen LogP contribution in [-0.2, 0) is 9.59 Å². The first kappa shape index (κ1) is 21.9. The van der Waals surface area contributed by atoms with Crippen LogP contribution in [0, 0.1) is 23.2 Å². The molecule has 6 aliphatic carbocycles. The number of rotatable bonds is 9. The highest BCUT2D eigenvalue weighted by atomic mass is 16.2. The Hall–Kier alpha value is -2.63. The Bertz CT molecular complexity index is 1000. The van der Waals surface area contributed by atoms with E-state index in [-0.39, 0.29) is 35.1 Å². The van der Waals surface area contributed by atoms with Crippen LogP contribution in [0.25, 0.3) is 0 Å². The number of ketones is 1. The lowest BCUT2D eigenvalue weighted by Gasteiger charge is -2.56. The smallest absolute Gasteiger partial charge is 0.267 e. The van der Waals surface area contributed by atoms with Crippen LogP contribution in [0.2, 0.25) is 0 Å². The van der Waals surface area contributed by atoms with Crippen molar-refractivity contribution in [3.63, 3.8) is 0 Å². The summed E-state index contributed by atoms with van der Waals surface area (Å²) in [5.74, 6) is 2.09. The fourth-order valence-corrected chi connectivity index (χ4v) is 7.13. The van der Waals surface area contributed by atoms with Gasteiger partial charge in [0.1, 0.15) is 5.70 Å². The van der Waals surface area contributed by atoms with E-state index in [1.807, 2.05) is 6.07 Å². The molecule has 0 aromatic heterocycles. The Morgan fingerprint density at radius 1 is 0.882 bits per heavy atom. The van der Waals surface area contributed by atoms with Gasteiger partial charge in [0.2, 0.25) is 5.91 Å². The minimum absolute atomic E-state index is 0.0574. The zero-order valence-corrected chi connectivity index (χ0v) is 19.8. The Kier molecular flexibility index (Phi) is 5.50. The van der Waals surface area contributed by atoms with E-state index in [0.29, 0.717) is 23.4 Å². The summed E-state index contributed by atoms with van der Waals surface area (Å²) in [4.78, 5) is 38.6. The zero-order valence-electron chi connectivity index (χ0n) is 19.8. The minimum atomic E-state index is -0.230. The van der Waals surface area contributed by atoms with Gasteiger partial charge in [0.15, 0.2) is 5.78 Å². The quantitative estimate of drug-likeness (QED) is 0.377. The van der Waals surface area contributed by atoms with Gasteiger partial charge in [-0.2, -0.15) is 0 Å². The fraction of sp³-hybridized carbons (Fsp3) is 0.607. The molecule has 6 saturated carbocycles.